The quantitative estimate of drug-likeness (QED) is 0.0996. The molecule has 0 aliphatic heterocycles. The SMILES string of the molecule is CCCCOC(=O)Oc1ccc(C[C@H](NCC(C)OC(=O)OCCC(C)C)C(=O)OC)cc1OC(=O)OCCCC. The highest BCUT2D eigenvalue weighted by atomic mass is 16.7. The van der Waals surface area contributed by atoms with Gasteiger partial charge in [-0.05, 0) is 56.2 Å². The topological polar surface area (TPSA) is 145 Å². The molecule has 1 aromatic carbocycles. The van der Waals surface area contributed by atoms with E-state index < -0.39 is 36.6 Å². The fraction of sp³-hybridized carbons (Fsp3) is 0.655. The van der Waals surface area contributed by atoms with E-state index in [-0.39, 0.29) is 44.3 Å². The van der Waals surface area contributed by atoms with Gasteiger partial charge in [-0.2, -0.15) is 0 Å². The van der Waals surface area contributed by atoms with Gasteiger partial charge in [0.05, 0.1) is 26.9 Å². The first-order valence-corrected chi connectivity index (χ1v) is 14.1. The van der Waals surface area contributed by atoms with Crippen molar-refractivity contribution >= 4 is 24.4 Å². The maximum Gasteiger partial charge on any atom is 0.513 e. The van der Waals surface area contributed by atoms with Crippen molar-refractivity contribution in [3.05, 3.63) is 23.8 Å². The zero-order valence-electron chi connectivity index (χ0n) is 25.0. The number of carbonyl (C=O) groups is 4. The molecule has 1 aromatic rings. The van der Waals surface area contributed by atoms with Gasteiger partial charge in [0.15, 0.2) is 11.5 Å². The summed E-state index contributed by atoms with van der Waals surface area (Å²) in [5.41, 5.74) is 0.553. The Bertz CT molecular complexity index is 951. The third-order valence-corrected chi connectivity index (χ3v) is 5.62. The number of unbranched alkanes of at least 4 members (excludes halogenated alkanes) is 2. The van der Waals surface area contributed by atoms with Crippen molar-refractivity contribution in [2.45, 2.75) is 85.3 Å². The Morgan fingerprint density at radius 1 is 0.805 bits per heavy atom. The molecule has 1 rings (SSSR count). The van der Waals surface area contributed by atoms with Crippen molar-refractivity contribution in [2.24, 2.45) is 5.92 Å². The van der Waals surface area contributed by atoms with Gasteiger partial charge in [0, 0.05) is 6.54 Å². The molecule has 0 amide bonds. The van der Waals surface area contributed by atoms with Gasteiger partial charge in [0.2, 0.25) is 0 Å². The summed E-state index contributed by atoms with van der Waals surface area (Å²) in [7, 11) is 1.25. The van der Waals surface area contributed by atoms with Gasteiger partial charge in [0.25, 0.3) is 0 Å². The zero-order chi connectivity index (χ0) is 30.6. The fourth-order valence-corrected chi connectivity index (χ4v) is 3.22. The summed E-state index contributed by atoms with van der Waals surface area (Å²) in [6, 6.07) is 3.66. The molecule has 12 heteroatoms. The Balaban J connectivity index is 2.94. The molecule has 41 heavy (non-hydrogen) atoms. The van der Waals surface area contributed by atoms with Crippen LogP contribution in [0, 0.1) is 5.92 Å². The van der Waals surface area contributed by atoms with Gasteiger partial charge in [-0.25, -0.2) is 14.4 Å². The number of rotatable bonds is 18. The van der Waals surface area contributed by atoms with Crippen LogP contribution in [-0.2, 0) is 34.9 Å². The standard InChI is InChI=1S/C29H45NO11/c1-7-9-14-36-28(33)40-24-12-11-22(18-25(24)41-29(34)37-15-10-8-2)17-23(26(31)35-6)30-19-21(5)39-27(32)38-16-13-20(3)4/h11-12,18,20-21,23,30H,7-10,13-17,19H2,1-6H3/t21?,23-/m0/s1. The normalized spacial score (nSPS) is 12.2. The van der Waals surface area contributed by atoms with Gasteiger partial charge in [-0.15, -0.1) is 0 Å². The molecule has 0 spiro atoms. The predicted molar refractivity (Wildman–Crippen MR) is 149 cm³/mol. The molecule has 1 unspecified atom stereocenters. The van der Waals surface area contributed by atoms with Crippen LogP contribution in [0.3, 0.4) is 0 Å². The average molecular weight is 584 g/mol. The van der Waals surface area contributed by atoms with Crippen molar-refractivity contribution in [1.29, 1.82) is 0 Å². The monoisotopic (exact) mass is 583 g/mol. The van der Waals surface area contributed by atoms with E-state index in [0.29, 0.717) is 24.3 Å². The molecular formula is C29H45NO11. The van der Waals surface area contributed by atoms with Crippen LogP contribution in [0.1, 0.15) is 72.3 Å². The lowest BCUT2D eigenvalue weighted by Gasteiger charge is -2.20. The first kappa shape index (κ1) is 35.5. The molecule has 0 bridgehead atoms. The molecule has 0 aromatic heterocycles. The first-order chi connectivity index (χ1) is 19.6. The second-order valence-corrected chi connectivity index (χ2v) is 9.79. The first-order valence-electron chi connectivity index (χ1n) is 14.1. The highest BCUT2D eigenvalue weighted by molar-refractivity contribution is 5.76. The Morgan fingerprint density at radius 2 is 1.39 bits per heavy atom. The molecule has 0 radical (unpaired) electrons. The van der Waals surface area contributed by atoms with Crippen LogP contribution in [0.25, 0.3) is 0 Å². The van der Waals surface area contributed by atoms with Crippen molar-refractivity contribution < 1.29 is 52.3 Å². The molecule has 0 aliphatic rings. The van der Waals surface area contributed by atoms with Crippen LogP contribution in [0.5, 0.6) is 11.5 Å². The third kappa shape index (κ3) is 15.7. The maximum atomic E-state index is 12.5. The summed E-state index contributed by atoms with van der Waals surface area (Å²) < 4.78 is 35.9. The minimum absolute atomic E-state index is 0.0525. The van der Waals surface area contributed by atoms with Crippen LogP contribution < -0.4 is 14.8 Å². The average Bonchev–Trinajstić information content (AvgIpc) is 2.92. The molecule has 0 aliphatic carbocycles. The summed E-state index contributed by atoms with van der Waals surface area (Å²) in [5.74, 6) is -0.303. The molecule has 232 valence electrons. The lowest BCUT2D eigenvalue weighted by molar-refractivity contribution is -0.143. The van der Waals surface area contributed by atoms with Crippen molar-refractivity contribution in [2.75, 3.05) is 33.5 Å². The minimum Gasteiger partial charge on any atom is -0.468 e. The molecule has 1 N–H and O–H groups in total. The number of benzene rings is 1. The summed E-state index contributed by atoms with van der Waals surface area (Å²) in [6.45, 7) is 10.4. The highest BCUT2D eigenvalue weighted by Gasteiger charge is 2.23. The van der Waals surface area contributed by atoms with Crippen LogP contribution in [0.2, 0.25) is 0 Å². The minimum atomic E-state index is -0.964. The van der Waals surface area contributed by atoms with Crippen molar-refractivity contribution in [1.82, 2.24) is 5.32 Å². The molecule has 2 atom stereocenters. The Labute approximate surface area is 242 Å². The van der Waals surface area contributed by atoms with Crippen LogP contribution in [0.4, 0.5) is 14.4 Å². The molecule has 0 saturated heterocycles. The lowest BCUT2D eigenvalue weighted by Crippen LogP contribution is -2.43. The second kappa shape index (κ2) is 20.4. The van der Waals surface area contributed by atoms with Crippen molar-refractivity contribution in [3.8, 4) is 11.5 Å². The van der Waals surface area contributed by atoms with Gasteiger partial charge in [-0.1, -0.05) is 46.6 Å². The Morgan fingerprint density at radius 3 is 1.95 bits per heavy atom. The Hall–Kier alpha value is -3.54. The Kier molecular flexibility index (Phi) is 17.6. The van der Waals surface area contributed by atoms with E-state index in [9.17, 15) is 19.2 Å². The van der Waals surface area contributed by atoms with Crippen molar-refractivity contribution in [3.63, 3.8) is 0 Å². The lowest BCUT2D eigenvalue weighted by atomic mass is 10.0. The summed E-state index contributed by atoms with van der Waals surface area (Å²) in [6.07, 6.45) is 0.534. The number of ether oxygens (including phenoxy) is 7. The number of nitrogens with one attached hydrogen (secondary N) is 1. The molecule has 0 heterocycles. The molecule has 0 fully saturated rings. The van der Waals surface area contributed by atoms with E-state index in [1.807, 2.05) is 27.7 Å². The van der Waals surface area contributed by atoms with Crippen LogP contribution in [0.15, 0.2) is 18.2 Å². The van der Waals surface area contributed by atoms with Gasteiger partial charge < -0.3 is 38.5 Å². The number of carbonyl (C=O) groups excluding carboxylic acids is 4. The van der Waals surface area contributed by atoms with Gasteiger partial charge in [0.1, 0.15) is 12.1 Å². The molecule has 12 nitrogen and oxygen atoms in total. The second-order valence-electron chi connectivity index (χ2n) is 9.79. The van der Waals surface area contributed by atoms with Gasteiger partial charge >= 0.3 is 24.4 Å². The highest BCUT2D eigenvalue weighted by Crippen LogP contribution is 2.30. The van der Waals surface area contributed by atoms with E-state index in [2.05, 4.69) is 5.32 Å². The number of methoxy groups -OCH3 is 1. The van der Waals surface area contributed by atoms with E-state index in [4.69, 9.17) is 33.2 Å². The summed E-state index contributed by atoms with van der Waals surface area (Å²) >= 11 is 0. The third-order valence-electron chi connectivity index (χ3n) is 5.62. The van der Waals surface area contributed by atoms with E-state index in [0.717, 1.165) is 19.3 Å². The maximum absolute atomic E-state index is 12.5. The number of hydrogen-bond donors (Lipinski definition) is 1. The number of esters is 1. The molecule has 0 saturated carbocycles. The zero-order valence-corrected chi connectivity index (χ0v) is 25.0. The predicted octanol–water partition coefficient (Wildman–Crippen LogP) is 5.58. The van der Waals surface area contributed by atoms with Crippen LogP contribution in [-0.4, -0.2) is 70.1 Å². The fourth-order valence-electron chi connectivity index (χ4n) is 3.22. The van der Waals surface area contributed by atoms with Crippen LogP contribution >= 0.6 is 0 Å². The van der Waals surface area contributed by atoms with E-state index >= 15 is 0 Å². The number of hydrogen-bond acceptors (Lipinski definition) is 12. The van der Waals surface area contributed by atoms with E-state index in [1.165, 1.54) is 19.2 Å². The van der Waals surface area contributed by atoms with E-state index in [1.54, 1.807) is 13.0 Å². The summed E-state index contributed by atoms with van der Waals surface area (Å²) in [4.78, 5) is 48.7. The smallest absolute Gasteiger partial charge is 0.468 e. The largest absolute Gasteiger partial charge is 0.513 e. The van der Waals surface area contributed by atoms with Gasteiger partial charge in [-0.3, -0.25) is 4.79 Å². The molecular weight excluding hydrogens is 538 g/mol. The summed E-state index contributed by atoms with van der Waals surface area (Å²) in [5, 5.41) is 3.02.